The molecule has 0 amide bonds. The summed E-state index contributed by atoms with van der Waals surface area (Å²) in [6.07, 6.45) is 1.86. The van der Waals surface area contributed by atoms with Gasteiger partial charge in [-0.05, 0) is 24.5 Å². The number of nitrogens with zero attached hydrogens (tertiary/aromatic N) is 1. The van der Waals surface area contributed by atoms with Crippen LogP contribution >= 0.6 is 24.0 Å². The fraction of sp³-hybridized carbons (Fsp3) is 0.381. The second-order valence-electron chi connectivity index (χ2n) is 6.08. The highest BCUT2D eigenvalue weighted by atomic mass is 127. The van der Waals surface area contributed by atoms with E-state index in [-0.39, 0.29) is 29.7 Å². The van der Waals surface area contributed by atoms with Crippen molar-refractivity contribution in [1.29, 1.82) is 0 Å². The van der Waals surface area contributed by atoms with Gasteiger partial charge in [0.1, 0.15) is 5.75 Å². The summed E-state index contributed by atoms with van der Waals surface area (Å²) in [5.41, 5.74) is 1.81. The zero-order valence-corrected chi connectivity index (χ0v) is 18.8. The highest BCUT2D eigenvalue weighted by Crippen LogP contribution is 2.19. The van der Waals surface area contributed by atoms with Gasteiger partial charge in [0, 0.05) is 32.3 Å². The standard InChI is InChI=1S/C21H27F2N3O2.HI/c1-24-21(26-15-18-11-5-6-12-19(18)28-20(22)23)25-13-7-8-14-27-16-17-9-3-2-4-10-17;/h2-6,9-12,20H,7-8,13-16H2,1H3,(H2,24,25,26);1H. The average molecular weight is 519 g/mol. The van der Waals surface area contributed by atoms with E-state index in [4.69, 9.17) is 4.74 Å². The normalized spacial score (nSPS) is 11.1. The lowest BCUT2D eigenvalue weighted by atomic mass is 10.2. The maximum atomic E-state index is 12.5. The zero-order chi connectivity index (χ0) is 20.0. The number of hydrogen-bond donors (Lipinski definition) is 2. The summed E-state index contributed by atoms with van der Waals surface area (Å²) < 4.78 is 35.1. The molecule has 0 saturated carbocycles. The van der Waals surface area contributed by atoms with Crippen molar-refractivity contribution in [2.75, 3.05) is 20.2 Å². The van der Waals surface area contributed by atoms with Crippen molar-refractivity contribution in [2.24, 2.45) is 4.99 Å². The number of nitrogens with one attached hydrogen (secondary N) is 2. The van der Waals surface area contributed by atoms with Crippen LogP contribution in [0, 0.1) is 0 Å². The number of benzene rings is 2. The van der Waals surface area contributed by atoms with Gasteiger partial charge in [-0.1, -0.05) is 48.5 Å². The number of guanidine groups is 1. The topological polar surface area (TPSA) is 54.9 Å². The minimum Gasteiger partial charge on any atom is -0.434 e. The van der Waals surface area contributed by atoms with Crippen LogP contribution in [0.4, 0.5) is 8.78 Å². The van der Waals surface area contributed by atoms with Gasteiger partial charge in [-0.2, -0.15) is 8.78 Å². The summed E-state index contributed by atoms with van der Waals surface area (Å²) in [6, 6.07) is 16.8. The molecule has 0 atom stereocenters. The second-order valence-corrected chi connectivity index (χ2v) is 6.08. The first-order valence-corrected chi connectivity index (χ1v) is 9.28. The average Bonchev–Trinajstić information content (AvgIpc) is 2.71. The Labute approximate surface area is 187 Å². The number of para-hydroxylation sites is 1. The monoisotopic (exact) mass is 519 g/mol. The molecule has 2 rings (SSSR count). The van der Waals surface area contributed by atoms with Gasteiger partial charge in [-0.25, -0.2) is 0 Å². The van der Waals surface area contributed by atoms with E-state index in [1.165, 1.54) is 11.6 Å². The molecule has 0 aliphatic rings. The number of halogens is 3. The molecule has 0 aromatic heterocycles. The Morgan fingerprint density at radius 3 is 2.45 bits per heavy atom. The summed E-state index contributed by atoms with van der Waals surface area (Å²) in [4.78, 5) is 4.14. The van der Waals surface area contributed by atoms with Crippen LogP contribution in [0.3, 0.4) is 0 Å². The largest absolute Gasteiger partial charge is 0.434 e. The lowest BCUT2D eigenvalue weighted by molar-refractivity contribution is -0.0504. The smallest absolute Gasteiger partial charge is 0.387 e. The van der Waals surface area contributed by atoms with E-state index in [1.807, 2.05) is 30.3 Å². The third-order valence-corrected chi connectivity index (χ3v) is 3.98. The van der Waals surface area contributed by atoms with E-state index >= 15 is 0 Å². The van der Waals surface area contributed by atoms with Gasteiger partial charge in [0.2, 0.25) is 0 Å². The molecule has 0 heterocycles. The van der Waals surface area contributed by atoms with Gasteiger partial charge >= 0.3 is 6.61 Å². The molecule has 0 radical (unpaired) electrons. The van der Waals surface area contributed by atoms with Gasteiger partial charge in [0.05, 0.1) is 6.61 Å². The molecule has 5 nitrogen and oxygen atoms in total. The highest BCUT2D eigenvalue weighted by Gasteiger charge is 2.09. The molecule has 2 aromatic rings. The van der Waals surface area contributed by atoms with Gasteiger partial charge in [-0.15, -0.1) is 24.0 Å². The van der Waals surface area contributed by atoms with Crippen molar-refractivity contribution >= 4 is 29.9 Å². The molecule has 0 saturated heterocycles. The van der Waals surface area contributed by atoms with Gasteiger partial charge in [0.15, 0.2) is 5.96 Å². The lowest BCUT2D eigenvalue weighted by Crippen LogP contribution is -2.37. The first-order valence-electron chi connectivity index (χ1n) is 9.28. The van der Waals surface area contributed by atoms with Crippen LogP contribution in [0.1, 0.15) is 24.0 Å². The fourth-order valence-corrected chi connectivity index (χ4v) is 2.56. The molecule has 0 aliphatic carbocycles. The molecule has 2 N–H and O–H groups in total. The van der Waals surface area contributed by atoms with Crippen LogP contribution in [-0.2, 0) is 17.9 Å². The van der Waals surface area contributed by atoms with Crippen LogP contribution in [0.15, 0.2) is 59.6 Å². The molecule has 0 fully saturated rings. The molecular weight excluding hydrogens is 491 g/mol. The van der Waals surface area contributed by atoms with Crippen LogP contribution in [0.25, 0.3) is 0 Å². The Balaban J connectivity index is 0.00000420. The molecule has 29 heavy (non-hydrogen) atoms. The first-order chi connectivity index (χ1) is 13.7. The summed E-state index contributed by atoms with van der Waals surface area (Å²) in [5, 5.41) is 6.31. The van der Waals surface area contributed by atoms with Crippen molar-refractivity contribution in [3.05, 3.63) is 65.7 Å². The maximum absolute atomic E-state index is 12.5. The Bertz CT molecular complexity index is 718. The summed E-state index contributed by atoms with van der Waals surface area (Å²) in [5.74, 6) is 0.771. The van der Waals surface area contributed by atoms with Crippen molar-refractivity contribution in [1.82, 2.24) is 10.6 Å². The fourth-order valence-electron chi connectivity index (χ4n) is 2.56. The van der Waals surface area contributed by atoms with Gasteiger partial charge < -0.3 is 20.1 Å². The molecule has 0 spiro atoms. The van der Waals surface area contributed by atoms with Crippen LogP contribution in [0.5, 0.6) is 5.75 Å². The minimum atomic E-state index is -2.84. The molecular formula is C21H28F2IN3O2. The lowest BCUT2D eigenvalue weighted by Gasteiger charge is -2.14. The quantitative estimate of drug-likeness (QED) is 0.198. The molecule has 0 aliphatic heterocycles. The van der Waals surface area contributed by atoms with Crippen LogP contribution in [0.2, 0.25) is 0 Å². The van der Waals surface area contributed by atoms with E-state index in [9.17, 15) is 8.78 Å². The number of ether oxygens (including phenoxy) is 2. The third kappa shape index (κ3) is 10.4. The van der Waals surface area contributed by atoms with Crippen molar-refractivity contribution in [3.8, 4) is 5.75 Å². The van der Waals surface area contributed by atoms with Crippen molar-refractivity contribution in [3.63, 3.8) is 0 Å². The Kier molecular flexibility index (Phi) is 13.0. The van der Waals surface area contributed by atoms with E-state index in [0.717, 1.165) is 19.4 Å². The molecule has 8 heteroatoms. The number of rotatable bonds is 11. The summed E-state index contributed by atoms with van der Waals surface area (Å²) >= 11 is 0. The van der Waals surface area contributed by atoms with Crippen LogP contribution in [-0.4, -0.2) is 32.8 Å². The number of aliphatic imine (C=N–C) groups is 1. The SMILES string of the molecule is CN=C(NCCCCOCc1ccccc1)NCc1ccccc1OC(F)F.I. The van der Waals surface area contributed by atoms with E-state index in [2.05, 4.69) is 20.4 Å². The maximum Gasteiger partial charge on any atom is 0.387 e. The van der Waals surface area contributed by atoms with Gasteiger partial charge in [0.25, 0.3) is 0 Å². The molecule has 0 bridgehead atoms. The van der Waals surface area contributed by atoms with Crippen LogP contribution < -0.4 is 15.4 Å². The Morgan fingerprint density at radius 1 is 1.00 bits per heavy atom. The number of hydrogen-bond acceptors (Lipinski definition) is 3. The summed E-state index contributed by atoms with van der Waals surface area (Å²) in [7, 11) is 1.67. The zero-order valence-electron chi connectivity index (χ0n) is 16.4. The van der Waals surface area contributed by atoms with E-state index in [0.29, 0.717) is 31.3 Å². The van der Waals surface area contributed by atoms with Crippen molar-refractivity contribution in [2.45, 2.75) is 32.6 Å². The number of unbranched alkanes of at least 4 members (excludes halogenated alkanes) is 1. The summed E-state index contributed by atoms with van der Waals surface area (Å²) in [6.45, 7) is -0.451. The third-order valence-electron chi connectivity index (χ3n) is 3.98. The van der Waals surface area contributed by atoms with E-state index < -0.39 is 6.61 Å². The molecule has 0 unspecified atom stereocenters. The predicted molar refractivity (Wildman–Crippen MR) is 122 cm³/mol. The number of alkyl halides is 2. The Morgan fingerprint density at radius 2 is 1.72 bits per heavy atom. The first kappa shape index (κ1) is 25.1. The molecule has 160 valence electrons. The predicted octanol–water partition coefficient (Wildman–Crippen LogP) is 4.57. The Hall–Kier alpha value is -1.94. The minimum absolute atomic E-state index is 0. The van der Waals surface area contributed by atoms with Crippen molar-refractivity contribution < 1.29 is 18.3 Å². The molecule has 2 aromatic carbocycles. The highest BCUT2D eigenvalue weighted by molar-refractivity contribution is 14.0. The second kappa shape index (κ2) is 15.0. The van der Waals surface area contributed by atoms with Gasteiger partial charge in [-0.3, -0.25) is 4.99 Å². The van der Waals surface area contributed by atoms with E-state index in [1.54, 1.807) is 25.2 Å².